The number of carbonyl (C=O) groups excluding carboxylic acids is 1. The highest BCUT2D eigenvalue weighted by atomic mass is 79.9. The van der Waals surface area contributed by atoms with Crippen LogP contribution in [-0.2, 0) is 6.42 Å². The number of benzene rings is 1. The Kier molecular flexibility index (Phi) is 4.13. The van der Waals surface area contributed by atoms with Gasteiger partial charge in [-0.25, -0.2) is 0 Å². The van der Waals surface area contributed by atoms with Crippen LogP contribution in [0.2, 0.25) is 0 Å². The van der Waals surface area contributed by atoms with Crippen LogP contribution >= 0.6 is 15.9 Å². The highest BCUT2D eigenvalue weighted by Gasteiger charge is 2.18. The number of rotatable bonds is 3. The standard InChI is InChI=1S/C14H17BrN4O/c1-4-10-11(16)13(19-18-10)14(20)17-12-8(3)5-7(2)6-9(12)15/h5-6H,4,16H2,1-3H3,(H,17,20)(H,18,19). The number of nitrogens with zero attached hydrogens (tertiary/aromatic N) is 1. The van der Waals surface area contributed by atoms with Crippen LogP contribution in [0.3, 0.4) is 0 Å². The van der Waals surface area contributed by atoms with Crippen LogP contribution in [0.5, 0.6) is 0 Å². The molecule has 0 aliphatic rings. The van der Waals surface area contributed by atoms with Gasteiger partial charge in [-0.05, 0) is 53.4 Å². The zero-order valence-electron chi connectivity index (χ0n) is 11.7. The molecule has 106 valence electrons. The van der Waals surface area contributed by atoms with Gasteiger partial charge < -0.3 is 11.1 Å². The summed E-state index contributed by atoms with van der Waals surface area (Å²) in [5.74, 6) is -0.314. The summed E-state index contributed by atoms with van der Waals surface area (Å²) in [5.41, 5.74) is 10.2. The third kappa shape index (κ3) is 2.70. The number of aryl methyl sites for hydroxylation is 3. The molecule has 0 aliphatic carbocycles. The van der Waals surface area contributed by atoms with Gasteiger partial charge in [-0.2, -0.15) is 5.10 Å². The number of carbonyl (C=O) groups is 1. The highest BCUT2D eigenvalue weighted by Crippen LogP contribution is 2.28. The van der Waals surface area contributed by atoms with Crippen LogP contribution < -0.4 is 11.1 Å². The van der Waals surface area contributed by atoms with Crippen molar-refractivity contribution in [3.63, 3.8) is 0 Å². The molecular weight excluding hydrogens is 320 g/mol. The van der Waals surface area contributed by atoms with E-state index in [1.54, 1.807) is 0 Å². The zero-order chi connectivity index (χ0) is 14.9. The zero-order valence-corrected chi connectivity index (χ0v) is 13.3. The largest absolute Gasteiger partial charge is 0.395 e. The molecule has 0 aliphatic heterocycles. The second-order valence-electron chi connectivity index (χ2n) is 4.71. The second-order valence-corrected chi connectivity index (χ2v) is 5.57. The Morgan fingerprint density at radius 3 is 2.70 bits per heavy atom. The molecule has 20 heavy (non-hydrogen) atoms. The van der Waals surface area contributed by atoms with Crippen molar-refractivity contribution in [1.82, 2.24) is 10.2 Å². The monoisotopic (exact) mass is 336 g/mol. The number of hydrogen-bond acceptors (Lipinski definition) is 3. The van der Waals surface area contributed by atoms with Crippen LogP contribution in [0.4, 0.5) is 11.4 Å². The average molecular weight is 337 g/mol. The molecule has 2 rings (SSSR count). The molecule has 0 atom stereocenters. The summed E-state index contributed by atoms with van der Waals surface area (Å²) in [4.78, 5) is 12.3. The first-order chi connectivity index (χ1) is 9.43. The molecule has 5 nitrogen and oxygen atoms in total. The Morgan fingerprint density at radius 1 is 1.45 bits per heavy atom. The minimum absolute atomic E-state index is 0.230. The van der Waals surface area contributed by atoms with E-state index in [-0.39, 0.29) is 11.6 Å². The van der Waals surface area contributed by atoms with E-state index in [2.05, 4.69) is 31.4 Å². The normalized spacial score (nSPS) is 10.6. The number of anilines is 2. The predicted octanol–water partition coefficient (Wildman–Crippen LogP) is 3.19. The molecule has 6 heteroatoms. The van der Waals surface area contributed by atoms with E-state index in [0.29, 0.717) is 12.1 Å². The molecule has 0 unspecified atom stereocenters. The predicted molar refractivity (Wildman–Crippen MR) is 83.9 cm³/mol. The van der Waals surface area contributed by atoms with Gasteiger partial charge in [-0.15, -0.1) is 0 Å². The van der Waals surface area contributed by atoms with Crippen LogP contribution in [0.15, 0.2) is 16.6 Å². The maximum atomic E-state index is 12.3. The lowest BCUT2D eigenvalue weighted by Crippen LogP contribution is -2.15. The fourth-order valence-corrected chi connectivity index (χ4v) is 2.85. The summed E-state index contributed by atoms with van der Waals surface area (Å²) in [5, 5.41) is 9.62. The molecule has 1 aromatic heterocycles. The molecule has 0 saturated carbocycles. The van der Waals surface area contributed by atoms with Gasteiger partial charge in [0.05, 0.1) is 17.1 Å². The van der Waals surface area contributed by atoms with Gasteiger partial charge in [-0.1, -0.05) is 13.0 Å². The van der Waals surface area contributed by atoms with Crippen LogP contribution in [-0.4, -0.2) is 16.1 Å². The van der Waals surface area contributed by atoms with Crippen molar-refractivity contribution in [2.45, 2.75) is 27.2 Å². The first kappa shape index (κ1) is 14.6. The molecule has 0 saturated heterocycles. The van der Waals surface area contributed by atoms with Crippen molar-refractivity contribution in [3.8, 4) is 0 Å². The topological polar surface area (TPSA) is 83.8 Å². The van der Waals surface area contributed by atoms with Crippen LogP contribution in [0.25, 0.3) is 0 Å². The Morgan fingerprint density at radius 2 is 2.15 bits per heavy atom. The van der Waals surface area contributed by atoms with E-state index >= 15 is 0 Å². The number of nitrogens with two attached hydrogens (primary N) is 1. The molecule has 1 heterocycles. The number of aromatic amines is 1. The lowest BCUT2D eigenvalue weighted by atomic mass is 10.1. The Balaban J connectivity index is 2.30. The van der Waals surface area contributed by atoms with E-state index in [1.807, 2.05) is 32.9 Å². The molecular formula is C14H17BrN4O. The summed E-state index contributed by atoms with van der Waals surface area (Å²) in [6, 6.07) is 3.96. The van der Waals surface area contributed by atoms with Gasteiger partial charge in [-0.3, -0.25) is 9.89 Å². The summed E-state index contributed by atoms with van der Waals surface area (Å²) >= 11 is 3.46. The molecule has 1 aromatic carbocycles. The molecule has 0 radical (unpaired) electrons. The second kappa shape index (κ2) is 5.66. The van der Waals surface area contributed by atoms with Gasteiger partial charge in [0, 0.05) is 4.47 Å². The SMILES string of the molecule is CCc1[nH]nc(C(=O)Nc2c(C)cc(C)cc2Br)c1N. The maximum Gasteiger partial charge on any atom is 0.278 e. The van der Waals surface area contributed by atoms with Crippen LogP contribution in [0, 0.1) is 13.8 Å². The van der Waals surface area contributed by atoms with E-state index in [4.69, 9.17) is 5.73 Å². The smallest absolute Gasteiger partial charge is 0.278 e. The molecule has 4 N–H and O–H groups in total. The number of amides is 1. The van der Waals surface area contributed by atoms with Crippen molar-refractivity contribution < 1.29 is 4.79 Å². The third-order valence-electron chi connectivity index (χ3n) is 3.12. The van der Waals surface area contributed by atoms with Gasteiger partial charge in [0.1, 0.15) is 0 Å². The minimum Gasteiger partial charge on any atom is -0.395 e. The van der Waals surface area contributed by atoms with Crippen molar-refractivity contribution in [3.05, 3.63) is 39.1 Å². The quantitative estimate of drug-likeness (QED) is 0.804. The molecule has 1 amide bonds. The summed E-state index contributed by atoms with van der Waals surface area (Å²) in [6.45, 7) is 5.90. The van der Waals surface area contributed by atoms with Crippen LogP contribution in [0.1, 0.15) is 34.2 Å². The number of hydrogen-bond donors (Lipinski definition) is 3. The minimum atomic E-state index is -0.314. The fourth-order valence-electron chi connectivity index (χ4n) is 2.08. The number of aromatic nitrogens is 2. The number of halogens is 1. The first-order valence-electron chi connectivity index (χ1n) is 6.34. The van der Waals surface area contributed by atoms with Gasteiger partial charge in [0.2, 0.25) is 0 Å². The number of nitrogens with one attached hydrogen (secondary N) is 2. The lowest BCUT2D eigenvalue weighted by molar-refractivity contribution is 0.102. The molecule has 2 aromatic rings. The van der Waals surface area contributed by atoms with Crippen molar-refractivity contribution in [2.75, 3.05) is 11.1 Å². The van der Waals surface area contributed by atoms with E-state index in [0.717, 1.165) is 27.0 Å². The number of nitrogen functional groups attached to an aromatic ring is 1. The van der Waals surface area contributed by atoms with Gasteiger partial charge in [0.15, 0.2) is 5.69 Å². The third-order valence-corrected chi connectivity index (χ3v) is 3.75. The van der Waals surface area contributed by atoms with Crippen molar-refractivity contribution in [1.29, 1.82) is 0 Å². The highest BCUT2D eigenvalue weighted by molar-refractivity contribution is 9.10. The molecule has 0 bridgehead atoms. The fraction of sp³-hybridized carbons (Fsp3) is 0.286. The first-order valence-corrected chi connectivity index (χ1v) is 7.14. The number of H-pyrrole nitrogens is 1. The Bertz CT molecular complexity index is 640. The Labute approximate surface area is 126 Å². The van der Waals surface area contributed by atoms with E-state index in [1.165, 1.54) is 0 Å². The van der Waals surface area contributed by atoms with E-state index in [9.17, 15) is 4.79 Å². The maximum absolute atomic E-state index is 12.3. The van der Waals surface area contributed by atoms with Gasteiger partial charge in [0.25, 0.3) is 5.91 Å². The lowest BCUT2D eigenvalue weighted by Gasteiger charge is -2.11. The van der Waals surface area contributed by atoms with E-state index < -0.39 is 0 Å². The van der Waals surface area contributed by atoms with Gasteiger partial charge >= 0.3 is 0 Å². The molecule has 0 fully saturated rings. The summed E-state index contributed by atoms with van der Waals surface area (Å²) in [7, 11) is 0. The van der Waals surface area contributed by atoms with Crippen molar-refractivity contribution in [2.24, 2.45) is 0 Å². The Hall–Kier alpha value is -1.82. The summed E-state index contributed by atoms with van der Waals surface area (Å²) in [6.07, 6.45) is 0.708. The van der Waals surface area contributed by atoms with Crippen molar-refractivity contribution >= 4 is 33.2 Å². The summed E-state index contributed by atoms with van der Waals surface area (Å²) < 4.78 is 0.841. The average Bonchev–Trinajstić information content (AvgIpc) is 2.74. The molecule has 0 spiro atoms.